The molecule has 0 aromatic carbocycles. The number of ether oxygens (including phenoxy) is 2. The van der Waals surface area contributed by atoms with Crippen LogP contribution in [0.15, 0.2) is 28.9 Å². The summed E-state index contributed by atoms with van der Waals surface area (Å²) in [6.45, 7) is 1.84. The van der Waals surface area contributed by atoms with Gasteiger partial charge in [0.25, 0.3) is 0 Å². The fourth-order valence-corrected chi connectivity index (χ4v) is 1.33. The number of carbonyl (C=O) groups is 1. The summed E-state index contributed by atoms with van der Waals surface area (Å²) in [7, 11) is 1.51. The van der Waals surface area contributed by atoms with Crippen molar-refractivity contribution in [2.24, 2.45) is 0 Å². The maximum Gasteiger partial charge on any atom is 0.340 e. The van der Waals surface area contributed by atoms with E-state index in [1.165, 1.54) is 13.3 Å². The molecule has 0 aliphatic carbocycles. The molecule has 0 atom stereocenters. The highest BCUT2D eigenvalue weighted by Crippen LogP contribution is 2.09. The Morgan fingerprint density at radius 1 is 1.44 bits per heavy atom. The third-order valence-electron chi connectivity index (χ3n) is 2.21. The molecule has 0 amide bonds. The minimum absolute atomic E-state index is 0.0716. The molecule has 2 heterocycles. The van der Waals surface area contributed by atoms with Crippen molar-refractivity contribution in [1.29, 1.82) is 0 Å². The number of hydrogen-bond donors (Lipinski definition) is 0. The SMILES string of the molecule is COc1ccc(C(=O)OCc2cc(C)on2)cn1. The van der Waals surface area contributed by atoms with Gasteiger partial charge in [-0.1, -0.05) is 5.16 Å². The van der Waals surface area contributed by atoms with Crippen molar-refractivity contribution in [3.63, 3.8) is 0 Å². The van der Waals surface area contributed by atoms with Crippen LogP contribution in [-0.4, -0.2) is 23.2 Å². The molecule has 0 fully saturated rings. The largest absolute Gasteiger partial charge is 0.481 e. The Hall–Kier alpha value is -2.37. The van der Waals surface area contributed by atoms with Crippen LogP contribution in [0, 0.1) is 6.92 Å². The summed E-state index contributed by atoms with van der Waals surface area (Å²) >= 11 is 0. The summed E-state index contributed by atoms with van der Waals surface area (Å²) in [5.74, 6) is 0.650. The lowest BCUT2D eigenvalue weighted by Gasteiger charge is -2.03. The first-order valence-corrected chi connectivity index (χ1v) is 5.28. The van der Waals surface area contributed by atoms with Gasteiger partial charge in [0.05, 0.1) is 12.7 Å². The van der Waals surface area contributed by atoms with Crippen molar-refractivity contribution in [2.75, 3.05) is 7.11 Å². The number of esters is 1. The highest BCUT2D eigenvalue weighted by atomic mass is 16.5. The molecular weight excluding hydrogens is 236 g/mol. The first-order valence-electron chi connectivity index (χ1n) is 5.28. The van der Waals surface area contributed by atoms with Crippen LogP contribution < -0.4 is 4.74 Å². The van der Waals surface area contributed by atoms with E-state index in [2.05, 4.69) is 10.1 Å². The zero-order valence-corrected chi connectivity index (χ0v) is 10.0. The van der Waals surface area contributed by atoms with Crippen molar-refractivity contribution in [3.8, 4) is 5.88 Å². The second kappa shape index (κ2) is 5.31. The van der Waals surface area contributed by atoms with E-state index in [1.54, 1.807) is 25.1 Å². The van der Waals surface area contributed by atoms with Gasteiger partial charge in [-0.05, 0) is 13.0 Å². The average molecular weight is 248 g/mol. The Balaban J connectivity index is 1.94. The highest BCUT2D eigenvalue weighted by Gasteiger charge is 2.09. The standard InChI is InChI=1S/C12H12N2O4/c1-8-5-10(14-18-8)7-17-12(15)9-3-4-11(16-2)13-6-9/h3-6H,7H2,1-2H3. The Labute approximate surface area is 104 Å². The Kier molecular flexibility index (Phi) is 3.57. The molecule has 0 N–H and O–H groups in total. The number of aromatic nitrogens is 2. The summed E-state index contributed by atoms with van der Waals surface area (Å²) < 4.78 is 14.8. The van der Waals surface area contributed by atoms with E-state index in [9.17, 15) is 4.79 Å². The molecule has 2 rings (SSSR count). The first kappa shape index (κ1) is 12.1. The molecule has 0 saturated carbocycles. The molecule has 6 heteroatoms. The van der Waals surface area contributed by atoms with Gasteiger partial charge in [-0.3, -0.25) is 0 Å². The molecule has 0 spiro atoms. The quantitative estimate of drug-likeness (QED) is 0.767. The van der Waals surface area contributed by atoms with Gasteiger partial charge in [0, 0.05) is 18.3 Å². The van der Waals surface area contributed by atoms with Gasteiger partial charge in [0.15, 0.2) is 0 Å². The minimum Gasteiger partial charge on any atom is -0.481 e. The van der Waals surface area contributed by atoms with Crippen molar-refractivity contribution >= 4 is 5.97 Å². The highest BCUT2D eigenvalue weighted by molar-refractivity contribution is 5.89. The van der Waals surface area contributed by atoms with Crippen LogP contribution in [0.1, 0.15) is 21.8 Å². The molecule has 0 unspecified atom stereocenters. The van der Waals surface area contributed by atoms with Crippen LogP contribution in [0.3, 0.4) is 0 Å². The van der Waals surface area contributed by atoms with Crippen LogP contribution in [0.2, 0.25) is 0 Å². The molecule has 6 nitrogen and oxygen atoms in total. The third-order valence-corrected chi connectivity index (χ3v) is 2.21. The van der Waals surface area contributed by atoms with Gasteiger partial charge in [-0.25, -0.2) is 9.78 Å². The van der Waals surface area contributed by atoms with E-state index in [0.717, 1.165) is 0 Å². The zero-order chi connectivity index (χ0) is 13.0. The fraction of sp³-hybridized carbons (Fsp3) is 0.250. The number of methoxy groups -OCH3 is 1. The lowest BCUT2D eigenvalue weighted by atomic mass is 10.3. The third kappa shape index (κ3) is 2.85. The molecule has 0 aliphatic rings. The van der Waals surface area contributed by atoms with Crippen molar-refractivity contribution in [1.82, 2.24) is 10.1 Å². The zero-order valence-electron chi connectivity index (χ0n) is 10.0. The van der Waals surface area contributed by atoms with E-state index in [-0.39, 0.29) is 6.61 Å². The van der Waals surface area contributed by atoms with Gasteiger partial charge in [0.1, 0.15) is 18.1 Å². The molecule has 0 bridgehead atoms. The van der Waals surface area contributed by atoms with Crippen LogP contribution in [-0.2, 0) is 11.3 Å². The molecule has 18 heavy (non-hydrogen) atoms. The van der Waals surface area contributed by atoms with Crippen molar-refractivity contribution in [3.05, 3.63) is 41.4 Å². The van der Waals surface area contributed by atoms with E-state index in [4.69, 9.17) is 14.0 Å². The second-order valence-corrected chi connectivity index (χ2v) is 3.59. The average Bonchev–Trinajstić information content (AvgIpc) is 2.82. The molecular formula is C12H12N2O4. The number of nitrogens with zero attached hydrogens (tertiary/aromatic N) is 2. The van der Waals surface area contributed by atoms with E-state index in [1.807, 2.05) is 0 Å². The van der Waals surface area contributed by atoms with Gasteiger partial charge < -0.3 is 14.0 Å². The molecule has 2 aromatic heterocycles. The van der Waals surface area contributed by atoms with Crippen LogP contribution in [0.5, 0.6) is 5.88 Å². The maximum atomic E-state index is 11.7. The van der Waals surface area contributed by atoms with Crippen LogP contribution >= 0.6 is 0 Å². The summed E-state index contributed by atoms with van der Waals surface area (Å²) in [5.41, 5.74) is 0.929. The topological polar surface area (TPSA) is 74.5 Å². The molecule has 0 saturated heterocycles. The van der Waals surface area contributed by atoms with E-state index < -0.39 is 5.97 Å². The Morgan fingerprint density at radius 2 is 2.28 bits per heavy atom. The number of pyridine rings is 1. The van der Waals surface area contributed by atoms with Crippen molar-refractivity contribution < 1.29 is 18.8 Å². The predicted octanol–water partition coefficient (Wildman–Crippen LogP) is 1.74. The maximum absolute atomic E-state index is 11.7. The normalized spacial score (nSPS) is 10.1. The van der Waals surface area contributed by atoms with Gasteiger partial charge in [0.2, 0.25) is 5.88 Å². The van der Waals surface area contributed by atoms with Gasteiger partial charge >= 0.3 is 5.97 Å². The minimum atomic E-state index is -0.467. The number of rotatable bonds is 4. The van der Waals surface area contributed by atoms with Crippen LogP contribution in [0.4, 0.5) is 0 Å². The first-order chi connectivity index (χ1) is 8.69. The summed E-state index contributed by atoms with van der Waals surface area (Å²) in [6.07, 6.45) is 1.40. The second-order valence-electron chi connectivity index (χ2n) is 3.59. The molecule has 2 aromatic rings. The monoisotopic (exact) mass is 248 g/mol. The number of hydrogen-bond acceptors (Lipinski definition) is 6. The fourth-order valence-electron chi connectivity index (χ4n) is 1.33. The summed E-state index contributed by atoms with van der Waals surface area (Å²) in [6, 6.07) is 4.89. The van der Waals surface area contributed by atoms with Gasteiger partial charge in [-0.15, -0.1) is 0 Å². The Bertz CT molecular complexity index is 533. The van der Waals surface area contributed by atoms with E-state index in [0.29, 0.717) is 22.9 Å². The molecule has 0 radical (unpaired) electrons. The lowest BCUT2D eigenvalue weighted by Crippen LogP contribution is -2.06. The van der Waals surface area contributed by atoms with Crippen LogP contribution in [0.25, 0.3) is 0 Å². The summed E-state index contributed by atoms with van der Waals surface area (Å²) in [4.78, 5) is 15.6. The Morgan fingerprint density at radius 3 is 2.83 bits per heavy atom. The number of aryl methyl sites for hydroxylation is 1. The lowest BCUT2D eigenvalue weighted by molar-refractivity contribution is 0.0463. The molecule has 0 aliphatic heterocycles. The summed E-state index contributed by atoms with van der Waals surface area (Å²) in [5, 5.41) is 3.72. The number of carbonyl (C=O) groups excluding carboxylic acids is 1. The molecule has 94 valence electrons. The smallest absolute Gasteiger partial charge is 0.340 e. The van der Waals surface area contributed by atoms with Gasteiger partial charge in [-0.2, -0.15) is 0 Å². The van der Waals surface area contributed by atoms with Crippen molar-refractivity contribution in [2.45, 2.75) is 13.5 Å². The predicted molar refractivity (Wildman–Crippen MR) is 61.1 cm³/mol. The van der Waals surface area contributed by atoms with E-state index >= 15 is 0 Å².